The molecule has 0 aromatic rings. The monoisotopic (exact) mass is 157 g/mol. The van der Waals surface area contributed by atoms with Crippen LogP contribution in [0.3, 0.4) is 0 Å². The van der Waals surface area contributed by atoms with E-state index in [1.165, 1.54) is 6.42 Å². The minimum atomic E-state index is 0.598. The second-order valence-corrected chi connectivity index (χ2v) is 3.77. The van der Waals surface area contributed by atoms with E-state index in [9.17, 15) is 0 Å². The lowest BCUT2D eigenvalue weighted by molar-refractivity contribution is 0.0370. The van der Waals surface area contributed by atoms with Gasteiger partial charge in [0.15, 0.2) is 0 Å². The average molecular weight is 157 g/mol. The molecule has 1 aliphatic heterocycles. The maximum atomic E-state index is 5.35. The first kappa shape index (κ1) is 9.01. The Morgan fingerprint density at radius 2 is 2.18 bits per heavy atom. The van der Waals surface area contributed by atoms with E-state index in [2.05, 4.69) is 26.1 Å². The largest absolute Gasteiger partial charge is 0.381 e. The van der Waals surface area contributed by atoms with Crippen molar-refractivity contribution in [3.05, 3.63) is 0 Å². The molecule has 1 saturated heterocycles. The molecule has 1 heterocycles. The summed E-state index contributed by atoms with van der Waals surface area (Å²) in [5, 5.41) is 3.55. The molecule has 1 fully saturated rings. The van der Waals surface area contributed by atoms with Gasteiger partial charge in [0.2, 0.25) is 0 Å². The van der Waals surface area contributed by atoms with E-state index in [0.29, 0.717) is 18.0 Å². The van der Waals surface area contributed by atoms with Gasteiger partial charge in [-0.25, -0.2) is 0 Å². The Hall–Kier alpha value is -0.0800. The highest BCUT2D eigenvalue weighted by Crippen LogP contribution is 2.13. The minimum absolute atomic E-state index is 0.598. The normalized spacial score (nSPS) is 32.7. The highest BCUT2D eigenvalue weighted by molar-refractivity contribution is 4.77. The van der Waals surface area contributed by atoms with Crippen molar-refractivity contribution in [1.29, 1.82) is 0 Å². The lowest BCUT2D eigenvalue weighted by atomic mass is 9.97. The van der Waals surface area contributed by atoms with E-state index in [-0.39, 0.29) is 0 Å². The van der Waals surface area contributed by atoms with Crippen LogP contribution in [-0.2, 0) is 4.74 Å². The standard InChI is InChI=1S/C9H19NO/c1-7(2)10-9-4-5-11-6-8(9)3/h7-10H,4-6H2,1-3H3/t8-,9-/m0/s1. The van der Waals surface area contributed by atoms with Crippen LogP contribution in [0.1, 0.15) is 27.2 Å². The molecule has 1 rings (SSSR count). The summed E-state index contributed by atoms with van der Waals surface area (Å²) < 4.78 is 5.35. The summed E-state index contributed by atoms with van der Waals surface area (Å²) in [5.41, 5.74) is 0. The molecule has 1 aliphatic rings. The van der Waals surface area contributed by atoms with E-state index in [1.807, 2.05) is 0 Å². The van der Waals surface area contributed by atoms with Gasteiger partial charge < -0.3 is 10.1 Å². The molecule has 1 N–H and O–H groups in total. The van der Waals surface area contributed by atoms with Crippen molar-refractivity contribution in [2.75, 3.05) is 13.2 Å². The molecule has 2 heteroatoms. The van der Waals surface area contributed by atoms with Gasteiger partial charge in [-0.3, -0.25) is 0 Å². The topological polar surface area (TPSA) is 21.3 Å². The lowest BCUT2D eigenvalue weighted by Crippen LogP contribution is -2.44. The van der Waals surface area contributed by atoms with Crippen LogP contribution in [0, 0.1) is 5.92 Å². The second-order valence-electron chi connectivity index (χ2n) is 3.77. The van der Waals surface area contributed by atoms with Crippen molar-refractivity contribution < 1.29 is 4.74 Å². The number of ether oxygens (including phenoxy) is 1. The Labute approximate surface area is 69.3 Å². The molecule has 0 bridgehead atoms. The van der Waals surface area contributed by atoms with E-state index < -0.39 is 0 Å². The molecule has 2 atom stereocenters. The van der Waals surface area contributed by atoms with Gasteiger partial charge in [0, 0.05) is 18.7 Å². The minimum Gasteiger partial charge on any atom is -0.381 e. The summed E-state index contributed by atoms with van der Waals surface area (Å²) in [6.45, 7) is 8.49. The summed E-state index contributed by atoms with van der Waals surface area (Å²) in [4.78, 5) is 0. The Balaban J connectivity index is 2.29. The van der Waals surface area contributed by atoms with Gasteiger partial charge in [0.1, 0.15) is 0 Å². The van der Waals surface area contributed by atoms with Crippen LogP contribution in [0.5, 0.6) is 0 Å². The van der Waals surface area contributed by atoms with Crippen LogP contribution < -0.4 is 5.32 Å². The Morgan fingerprint density at radius 1 is 1.45 bits per heavy atom. The zero-order valence-electron chi connectivity index (χ0n) is 7.76. The smallest absolute Gasteiger partial charge is 0.0506 e. The van der Waals surface area contributed by atoms with E-state index >= 15 is 0 Å². The molecular weight excluding hydrogens is 138 g/mol. The highest BCUT2D eigenvalue weighted by Gasteiger charge is 2.21. The van der Waals surface area contributed by atoms with Gasteiger partial charge in [-0.2, -0.15) is 0 Å². The summed E-state index contributed by atoms with van der Waals surface area (Å²) in [6, 6.07) is 1.27. The zero-order chi connectivity index (χ0) is 8.27. The fourth-order valence-electron chi connectivity index (χ4n) is 1.56. The summed E-state index contributed by atoms with van der Waals surface area (Å²) >= 11 is 0. The summed E-state index contributed by atoms with van der Waals surface area (Å²) in [5.74, 6) is 0.672. The molecule has 66 valence electrons. The predicted octanol–water partition coefficient (Wildman–Crippen LogP) is 1.41. The molecule has 0 radical (unpaired) electrons. The molecule has 0 unspecified atom stereocenters. The van der Waals surface area contributed by atoms with Gasteiger partial charge in [0.25, 0.3) is 0 Å². The molecule has 2 nitrogen and oxygen atoms in total. The molecule has 11 heavy (non-hydrogen) atoms. The molecule has 0 amide bonds. The molecule has 0 saturated carbocycles. The SMILES string of the molecule is CC(C)N[C@H]1CCOC[C@@H]1C. The maximum absolute atomic E-state index is 5.35. The zero-order valence-corrected chi connectivity index (χ0v) is 7.76. The van der Waals surface area contributed by atoms with Gasteiger partial charge in [-0.05, 0) is 12.3 Å². The lowest BCUT2D eigenvalue weighted by Gasteiger charge is -2.31. The Kier molecular flexibility index (Phi) is 3.34. The fraction of sp³-hybridized carbons (Fsp3) is 1.00. The molecular formula is C9H19NO. The van der Waals surface area contributed by atoms with E-state index in [1.54, 1.807) is 0 Å². The van der Waals surface area contributed by atoms with Crippen molar-refractivity contribution in [1.82, 2.24) is 5.32 Å². The van der Waals surface area contributed by atoms with Crippen LogP contribution in [-0.4, -0.2) is 25.3 Å². The van der Waals surface area contributed by atoms with Crippen LogP contribution in [0.4, 0.5) is 0 Å². The van der Waals surface area contributed by atoms with Gasteiger partial charge in [-0.1, -0.05) is 20.8 Å². The van der Waals surface area contributed by atoms with Gasteiger partial charge in [0.05, 0.1) is 6.61 Å². The van der Waals surface area contributed by atoms with Crippen LogP contribution in [0.25, 0.3) is 0 Å². The molecule has 0 spiro atoms. The van der Waals surface area contributed by atoms with E-state index in [0.717, 1.165) is 13.2 Å². The Morgan fingerprint density at radius 3 is 2.73 bits per heavy atom. The summed E-state index contributed by atoms with van der Waals surface area (Å²) in [6.07, 6.45) is 1.17. The highest BCUT2D eigenvalue weighted by atomic mass is 16.5. The third kappa shape index (κ3) is 2.80. The molecule has 0 aromatic heterocycles. The fourth-order valence-corrected chi connectivity index (χ4v) is 1.56. The average Bonchev–Trinajstić information content (AvgIpc) is 1.93. The quantitative estimate of drug-likeness (QED) is 0.654. The number of nitrogens with one attached hydrogen (secondary N) is 1. The number of rotatable bonds is 2. The van der Waals surface area contributed by atoms with Crippen molar-refractivity contribution in [2.45, 2.75) is 39.3 Å². The molecule has 0 aromatic carbocycles. The second kappa shape index (κ2) is 4.07. The van der Waals surface area contributed by atoms with Crippen molar-refractivity contribution >= 4 is 0 Å². The Bertz CT molecular complexity index is 114. The third-order valence-corrected chi connectivity index (χ3v) is 2.19. The summed E-state index contributed by atoms with van der Waals surface area (Å²) in [7, 11) is 0. The number of hydrogen-bond donors (Lipinski definition) is 1. The molecule has 0 aliphatic carbocycles. The van der Waals surface area contributed by atoms with Crippen molar-refractivity contribution in [3.8, 4) is 0 Å². The maximum Gasteiger partial charge on any atom is 0.0506 e. The number of hydrogen-bond acceptors (Lipinski definition) is 2. The third-order valence-electron chi connectivity index (χ3n) is 2.19. The van der Waals surface area contributed by atoms with Crippen LogP contribution in [0.2, 0.25) is 0 Å². The van der Waals surface area contributed by atoms with Crippen molar-refractivity contribution in [2.24, 2.45) is 5.92 Å². The van der Waals surface area contributed by atoms with Gasteiger partial charge in [-0.15, -0.1) is 0 Å². The first-order valence-corrected chi connectivity index (χ1v) is 4.54. The first-order valence-electron chi connectivity index (χ1n) is 4.54. The van der Waals surface area contributed by atoms with Crippen LogP contribution in [0.15, 0.2) is 0 Å². The van der Waals surface area contributed by atoms with Gasteiger partial charge >= 0.3 is 0 Å². The predicted molar refractivity (Wildman–Crippen MR) is 46.7 cm³/mol. The van der Waals surface area contributed by atoms with E-state index in [4.69, 9.17) is 4.74 Å². The van der Waals surface area contributed by atoms with Crippen molar-refractivity contribution in [3.63, 3.8) is 0 Å². The first-order chi connectivity index (χ1) is 5.20. The van der Waals surface area contributed by atoms with Crippen LogP contribution >= 0.6 is 0 Å².